The summed E-state index contributed by atoms with van der Waals surface area (Å²) in [7, 11) is 0. The maximum Gasteiger partial charge on any atom is 0.387 e. The highest BCUT2D eigenvalue weighted by atomic mass is 19.3. The van der Waals surface area contributed by atoms with E-state index in [1.54, 1.807) is 29.1 Å². The van der Waals surface area contributed by atoms with E-state index in [9.17, 15) is 13.6 Å². The van der Waals surface area contributed by atoms with Gasteiger partial charge in [0.1, 0.15) is 12.3 Å². The standard InChI is InChI=1S/C17H14F2N4O2/c18-17(19)25-15-8-4-1-5-12(15)9-21-22-16(24)10-23-11-20-13-6-2-3-7-14(13)23/h1-9,11,17H,10H2,(H,22,24)/b21-9+. The summed E-state index contributed by atoms with van der Waals surface area (Å²) in [4.78, 5) is 16.2. The van der Waals surface area contributed by atoms with Crippen LogP contribution in [-0.4, -0.2) is 28.3 Å². The number of fused-ring (bicyclic) bond motifs is 1. The molecule has 25 heavy (non-hydrogen) atoms. The van der Waals surface area contributed by atoms with Gasteiger partial charge in [-0.05, 0) is 24.3 Å². The first-order valence-corrected chi connectivity index (χ1v) is 7.39. The van der Waals surface area contributed by atoms with E-state index in [4.69, 9.17) is 0 Å². The molecule has 1 heterocycles. The van der Waals surface area contributed by atoms with Gasteiger partial charge in [-0.1, -0.05) is 24.3 Å². The maximum atomic E-state index is 12.3. The van der Waals surface area contributed by atoms with Gasteiger partial charge in [-0.3, -0.25) is 4.79 Å². The molecule has 0 unspecified atom stereocenters. The number of amides is 1. The summed E-state index contributed by atoms with van der Waals surface area (Å²) in [6.45, 7) is -2.90. The van der Waals surface area contributed by atoms with Crippen LogP contribution in [0.15, 0.2) is 60.0 Å². The number of ether oxygens (including phenoxy) is 1. The largest absolute Gasteiger partial charge is 0.434 e. The van der Waals surface area contributed by atoms with Crippen LogP contribution in [-0.2, 0) is 11.3 Å². The Bertz CT molecular complexity index is 908. The molecule has 1 amide bonds. The highest BCUT2D eigenvalue weighted by Crippen LogP contribution is 2.18. The Hall–Kier alpha value is -3.29. The van der Waals surface area contributed by atoms with Crippen LogP contribution >= 0.6 is 0 Å². The quantitative estimate of drug-likeness (QED) is 0.552. The Labute approximate surface area is 141 Å². The van der Waals surface area contributed by atoms with Crippen LogP contribution in [0.5, 0.6) is 5.75 Å². The molecule has 0 spiro atoms. The van der Waals surface area contributed by atoms with Gasteiger partial charge in [-0.25, -0.2) is 10.4 Å². The third-order valence-corrected chi connectivity index (χ3v) is 3.37. The number of nitrogens with zero attached hydrogens (tertiary/aromatic N) is 3. The second-order valence-electron chi connectivity index (χ2n) is 5.07. The molecule has 0 saturated heterocycles. The highest BCUT2D eigenvalue weighted by Gasteiger charge is 2.08. The molecule has 1 N–H and O–H groups in total. The molecule has 0 aliphatic carbocycles. The number of alkyl halides is 2. The Morgan fingerprint density at radius 3 is 2.84 bits per heavy atom. The minimum Gasteiger partial charge on any atom is -0.434 e. The zero-order valence-electron chi connectivity index (χ0n) is 13.0. The number of benzene rings is 2. The smallest absolute Gasteiger partial charge is 0.387 e. The van der Waals surface area contributed by atoms with Gasteiger partial charge >= 0.3 is 6.61 Å². The third kappa shape index (κ3) is 4.17. The van der Waals surface area contributed by atoms with E-state index in [1.165, 1.54) is 12.3 Å². The van der Waals surface area contributed by atoms with Gasteiger partial charge in [-0.2, -0.15) is 13.9 Å². The highest BCUT2D eigenvalue weighted by molar-refractivity contribution is 5.85. The van der Waals surface area contributed by atoms with E-state index in [0.29, 0.717) is 5.56 Å². The molecule has 0 aliphatic heterocycles. The number of rotatable bonds is 6. The lowest BCUT2D eigenvalue weighted by molar-refractivity contribution is -0.121. The molecular formula is C17H14F2N4O2. The summed E-state index contributed by atoms with van der Waals surface area (Å²) < 4.78 is 30.8. The average Bonchev–Trinajstić information content (AvgIpc) is 2.99. The van der Waals surface area contributed by atoms with Crippen molar-refractivity contribution in [2.24, 2.45) is 5.10 Å². The summed E-state index contributed by atoms with van der Waals surface area (Å²) in [6, 6.07) is 13.6. The number of aromatic nitrogens is 2. The number of para-hydroxylation sites is 3. The third-order valence-electron chi connectivity index (χ3n) is 3.37. The summed E-state index contributed by atoms with van der Waals surface area (Å²) in [5.74, 6) is -0.386. The van der Waals surface area contributed by atoms with Crippen molar-refractivity contribution >= 4 is 23.2 Å². The molecule has 0 aliphatic rings. The van der Waals surface area contributed by atoms with E-state index in [0.717, 1.165) is 11.0 Å². The summed E-state index contributed by atoms with van der Waals surface area (Å²) in [5.41, 5.74) is 4.30. The van der Waals surface area contributed by atoms with Crippen LogP contribution in [0.25, 0.3) is 11.0 Å². The first kappa shape index (κ1) is 16.6. The van der Waals surface area contributed by atoms with Crippen molar-refractivity contribution in [1.82, 2.24) is 15.0 Å². The Balaban J connectivity index is 1.64. The minimum absolute atomic E-state index is 0.0175. The molecule has 0 radical (unpaired) electrons. The lowest BCUT2D eigenvalue weighted by Gasteiger charge is -2.07. The van der Waals surface area contributed by atoms with Gasteiger partial charge in [-0.15, -0.1) is 0 Å². The van der Waals surface area contributed by atoms with E-state index < -0.39 is 6.61 Å². The zero-order valence-corrected chi connectivity index (χ0v) is 13.0. The van der Waals surface area contributed by atoms with E-state index in [2.05, 4.69) is 20.2 Å². The monoisotopic (exact) mass is 344 g/mol. The van der Waals surface area contributed by atoms with Crippen molar-refractivity contribution in [3.8, 4) is 5.75 Å². The number of carbonyl (C=O) groups is 1. The van der Waals surface area contributed by atoms with Gasteiger partial charge in [0.2, 0.25) is 0 Å². The van der Waals surface area contributed by atoms with Crippen molar-refractivity contribution in [3.63, 3.8) is 0 Å². The Kier molecular flexibility index (Phi) is 4.98. The van der Waals surface area contributed by atoms with E-state index in [-0.39, 0.29) is 18.2 Å². The first-order chi connectivity index (χ1) is 12.1. The molecule has 0 saturated carbocycles. The maximum absolute atomic E-state index is 12.3. The molecule has 3 rings (SSSR count). The second kappa shape index (κ2) is 7.52. The number of hydrazone groups is 1. The van der Waals surface area contributed by atoms with E-state index in [1.807, 2.05) is 24.3 Å². The number of nitrogens with one attached hydrogen (secondary N) is 1. The van der Waals surface area contributed by atoms with Gasteiger partial charge in [0.05, 0.1) is 23.6 Å². The lowest BCUT2D eigenvalue weighted by atomic mass is 10.2. The fourth-order valence-electron chi connectivity index (χ4n) is 2.29. The van der Waals surface area contributed by atoms with Crippen molar-refractivity contribution in [1.29, 1.82) is 0 Å². The number of halogens is 2. The molecule has 1 aromatic heterocycles. The lowest BCUT2D eigenvalue weighted by Crippen LogP contribution is -2.22. The van der Waals surface area contributed by atoms with Crippen molar-refractivity contribution in [2.45, 2.75) is 13.2 Å². The number of carbonyl (C=O) groups excluding carboxylic acids is 1. The van der Waals surface area contributed by atoms with Crippen LogP contribution in [0, 0.1) is 0 Å². The topological polar surface area (TPSA) is 68.5 Å². The first-order valence-electron chi connectivity index (χ1n) is 7.39. The summed E-state index contributed by atoms with van der Waals surface area (Å²) in [6.07, 6.45) is 2.82. The fourth-order valence-corrected chi connectivity index (χ4v) is 2.29. The summed E-state index contributed by atoms with van der Waals surface area (Å²) >= 11 is 0. The molecule has 0 bridgehead atoms. The molecule has 128 valence electrons. The van der Waals surface area contributed by atoms with Crippen LogP contribution in [0.4, 0.5) is 8.78 Å². The van der Waals surface area contributed by atoms with Crippen LogP contribution < -0.4 is 10.2 Å². The molecule has 0 atom stereocenters. The van der Waals surface area contributed by atoms with Crippen molar-refractivity contribution in [3.05, 3.63) is 60.4 Å². The molecule has 8 heteroatoms. The Morgan fingerprint density at radius 1 is 1.24 bits per heavy atom. The minimum atomic E-state index is -2.93. The second-order valence-corrected chi connectivity index (χ2v) is 5.07. The van der Waals surface area contributed by atoms with Gasteiger partial charge in [0.15, 0.2) is 0 Å². The molecule has 0 fully saturated rings. The molecule has 6 nitrogen and oxygen atoms in total. The van der Waals surface area contributed by atoms with Gasteiger partial charge < -0.3 is 9.30 Å². The summed E-state index contributed by atoms with van der Waals surface area (Å²) in [5, 5.41) is 3.79. The fraction of sp³-hybridized carbons (Fsp3) is 0.118. The van der Waals surface area contributed by atoms with Crippen molar-refractivity contribution < 1.29 is 18.3 Å². The molecule has 2 aromatic carbocycles. The normalized spacial score (nSPS) is 11.3. The zero-order chi connectivity index (χ0) is 17.6. The van der Waals surface area contributed by atoms with E-state index >= 15 is 0 Å². The van der Waals surface area contributed by atoms with Gasteiger partial charge in [0.25, 0.3) is 5.91 Å². The van der Waals surface area contributed by atoms with Crippen molar-refractivity contribution in [2.75, 3.05) is 0 Å². The predicted octanol–water partition coefficient (Wildman–Crippen LogP) is 2.79. The Morgan fingerprint density at radius 2 is 2.00 bits per heavy atom. The van der Waals surface area contributed by atoms with Gasteiger partial charge in [0, 0.05) is 5.56 Å². The van der Waals surface area contributed by atoms with Crippen LogP contribution in [0.1, 0.15) is 5.56 Å². The average molecular weight is 344 g/mol. The number of hydrogen-bond acceptors (Lipinski definition) is 4. The predicted molar refractivity (Wildman–Crippen MR) is 88.5 cm³/mol. The number of hydrogen-bond donors (Lipinski definition) is 1. The van der Waals surface area contributed by atoms with Crippen LogP contribution in [0.3, 0.4) is 0 Å². The van der Waals surface area contributed by atoms with Crippen LogP contribution in [0.2, 0.25) is 0 Å². The molecule has 3 aromatic rings. The number of imidazole rings is 1. The SMILES string of the molecule is O=C(Cn1cnc2ccccc21)N/N=C/c1ccccc1OC(F)F. The molecular weight excluding hydrogens is 330 g/mol.